The van der Waals surface area contributed by atoms with Crippen LogP contribution in [0.25, 0.3) is 0 Å². The van der Waals surface area contributed by atoms with E-state index in [-0.39, 0.29) is 0 Å². The molecule has 0 bridgehead atoms. The second-order valence-corrected chi connectivity index (χ2v) is 6.41. The van der Waals surface area contributed by atoms with Crippen molar-refractivity contribution in [2.45, 2.75) is 63.3 Å². The van der Waals surface area contributed by atoms with Gasteiger partial charge in [-0.2, -0.15) is 0 Å². The number of anilines is 1. The van der Waals surface area contributed by atoms with E-state index < -0.39 is 10.8 Å². The highest BCUT2D eigenvalue weighted by Gasteiger charge is 2.08. The molecule has 2 N–H and O–H groups in total. The normalized spacial score (nSPS) is 12.5. The standard InChI is InChI=1S/C15H26N2OS/c1-2-3-4-5-6-7-8-9-13-19(18)15-14(16)11-10-12-17-15/h10-12H,2-9,13,16H2,1H3. The molecule has 0 saturated heterocycles. The van der Waals surface area contributed by atoms with Gasteiger partial charge in [0, 0.05) is 11.9 Å². The first-order chi connectivity index (χ1) is 9.25. The Kier molecular flexibility index (Phi) is 8.47. The van der Waals surface area contributed by atoms with E-state index in [9.17, 15) is 4.21 Å². The minimum absolute atomic E-state index is 0.542. The molecule has 0 aromatic carbocycles. The predicted molar refractivity (Wildman–Crippen MR) is 82.5 cm³/mol. The molecule has 108 valence electrons. The van der Waals surface area contributed by atoms with Crippen molar-refractivity contribution in [2.24, 2.45) is 0 Å². The number of pyridine rings is 1. The molecule has 0 radical (unpaired) electrons. The minimum atomic E-state index is -1.04. The number of aromatic nitrogens is 1. The number of nitrogen functional groups attached to an aromatic ring is 1. The maximum atomic E-state index is 12.0. The first-order valence-electron chi connectivity index (χ1n) is 7.34. The first-order valence-corrected chi connectivity index (χ1v) is 8.66. The van der Waals surface area contributed by atoms with Crippen LogP contribution in [-0.2, 0) is 10.8 Å². The van der Waals surface area contributed by atoms with Gasteiger partial charge in [-0.15, -0.1) is 0 Å². The minimum Gasteiger partial charge on any atom is -0.396 e. The Morgan fingerprint density at radius 2 is 1.74 bits per heavy atom. The molecule has 0 amide bonds. The van der Waals surface area contributed by atoms with Crippen molar-refractivity contribution in [1.29, 1.82) is 0 Å². The van der Waals surface area contributed by atoms with Crippen molar-refractivity contribution < 1.29 is 4.21 Å². The van der Waals surface area contributed by atoms with E-state index in [0.29, 0.717) is 16.5 Å². The van der Waals surface area contributed by atoms with Gasteiger partial charge in [-0.3, -0.25) is 4.21 Å². The monoisotopic (exact) mass is 282 g/mol. The lowest BCUT2D eigenvalue weighted by Crippen LogP contribution is -2.04. The lowest BCUT2D eigenvalue weighted by Gasteiger charge is -2.04. The van der Waals surface area contributed by atoms with Gasteiger partial charge < -0.3 is 5.73 Å². The third kappa shape index (κ3) is 6.71. The average molecular weight is 282 g/mol. The summed E-state index contributed by atoms with van der Waals surface area (Å²) in [4.78, 5) is 4.10. The lowest BCUT2D eigenvalue weighted by atomic mass is 10.1. The molecule has 0 spiro atoms. The van der Waals surface area contributed by atoms with Gasteiger partial charge in [0.05, 0.1) is 16.5 Å². The Balaban J connectivity index is 2.10. The smallest absolute Gasteiger partial charge is 0.150 e. The van der Waals surface area contributed by atoms with Crippen molar-refractivity contribution in [2.75, 3.05) is 11.5 Å². The zero-order chi connectivity index (χ0) is 13.9. The van der Waals surface area contributed by atoms with Gasteiger partial charge in [0.25, 0.3) is 0 Å². The molecule has 1 rings (SSSR count). The molecule has 1 aromatic rings. The van der Waals surface area contributed by atoms with Gasteiger partial charge in [-0.1, -0.05) is 51.9 Å². The summed E-state index contributed by atoms with van der Waals surface area (Å²) in [5, 5.41) is 0.547. The Hall–Kier alpha value is -0.900. The highest BCUT2D eigenvalue weighted by Crippen LogP contribution is 2.14. The number of nitrogens with two attached hydrogens (primary N) is 1. The summed E-state index contributed by atoms with van der Waals surface area (Å²) in [6, 6.07) is 3.53. The largest absolute Gasteiger partial charge is 0.396 e. The van der Waals surface area contributed by atoms with Crippen molar-refractivity contribution in [3.63, 3.8) is 0 Å². The van der Waals surface area contributed by atoms with Gasteiger partial charge in [-0.25, -0.2) is 4.98 Å². The molecule has 3 nitrogen and oxygen atoms in total. The summed E-state index contributed by atoms with van der Waals surface area (Å²) in [6.45, 7) is 2.23. The lowest BCUT2D eigenvalue weighted by molar-refractivity contribution is 0.584. The molecule has 4 heteroatoms. The summed E-state index contributed by atoms with van der Waals surface area (Å²) in [7, 11) is -1.04. The number of hydrogen-bond donors (Lipinski definition) is 1. The fraction of sp³-hybridized carbons (Fsp3) is 0.667. The van der Waals surface area contributed by atoms with Gasteiger partial charge in [0.15, 0.2) is 0 Å². The van der Waals surface area contributed by atoms with Crippen LogP contribution in [0, 0.1) is 0 Å². The second-order valence-electron chi connectivity index (χ2n) is 4.92. The zero-order valence-electron chi connectivity index (χ0n) is 11.9. The van der Waals surface area contributed by atoms with Crippen LogP contribution in [0.15, 0.2) is 23.4 Å². The van der Waals surface area contributed by atoms with Crippen LogP contribution in [0.4, 0.5) is 5.69 Å². The van der Waals surface area contributed by atoms with Crippen molar-refractivity contribution in [3.05, 3.63) is 18.3 Å². The fourth-order valence-corrected chi connectivity index (χ4v) is 3.23. The van der Waals surface area contributed by atoms with Gasteiger partial charge in [0.2, 0.25) is 0 Å². The van der Waals surface area contributed by atoms with E-state index >= 15 is 0 Å². The van der Waals surface area contributed by atoms with Crippen molar-refractivity contribution in [1.82, 2.24) is 4.98 Å². The maximum absolute atomic E-state index is 12.0. The van der Waals surface area contributed by atoms with E-state index in [4.69, 9.17) is 5.73 Å². The summed E-state index contributed by atoms with van der Waals surface area (Å²) in [5.41, 5.74) is 6.31. The van der Waals surface area contributed by atoms with Crippen LogP contribution < -0.4 is 5.73 Å². The van der Waals surface area contributed by atoms with Gasteiger partial charge in [0.1, 0.15) is 5.03 Å². The molecular formula is C15H26N2OS. The number of nitrogens with zero attached hydrogens (tertiary/aromatic N) is 1. The molecule has 0 fully saturated rings. The predicted octanol–water partition coefficient (Wildman–Crippen LogP) is 3.91. The second kappa shape index (κ2) is 9.96. The number of hydrogen-bond acceptors (Lipinski definition) is 3. The van der Waals surface area contributed by atoms with Crippen LogP contribution in [0.2, 0.25) is 0 Å². The Bertz CT molecular complexity index is 382. The van der Waals surface area contributed by atoms with E-state index in [1.54, 1.807) is 18.3 Å². The highest BCUT2D eigenvalue weighted by atomic mass is 32.2. The van der Waals surface area contributed by atoms with Crippen molar-refractivity contribution >= 4 is 16.5 Å². The van der Waals surface area contributed by atoms with E-state index in [0.717, 1.165) is 12.8 Å². The Morgan fingerprint density at radius 3 is 2.37 bits per heavy atom. The summed E-state index contributed by atoms with van der Waals surface area (Å²) >= 11 is 0. The Morgan fingerprint density at radius 1 is 1.11 bits per heavy atom. The third-order valence-corrected chi connectivity index (χ3v) is 4.63. The fourth-order valence-electron chi connectivity index (χ4n) is 2.06. The van der Waals surface area contributed by atoms with Crippen molar-refractivity contribution in [3.8, 4) is 0 Å². The summed E-state index contributed by atoms with van der Waals surface area (Å²) < 4.78 is 12.0. The molecule has 1 aromatic heterocycles. The number of unbranched alkanes of at least 4 members (excludes halogenated alkanes) is 7. The summed E-state index contributed by atoms with van der Waals surface area (Å²) in [6.07, 6.45) is 11.7. The zero-order valence-corrected chi connectivity index (χ0v) is 12.8. The van der Waals surface area contributed by atoms with E-state index in [2.05, 4.69) is 11.9 Å². The Labute approximate surface area is 119 Å². The van der Waals surface area contributed by atoms with E-state index in [1.807, 2.05) is 0 Å². The topological polar surface area (TPSA) is 56.0 Å². The molecule has 1 heterocycles. The van der Waals surface area contributed by atoms with E-state index in [1.165, 1.54) is 38.5 Å². The third-order valence-electron chi connectivity index (χ3n) is 3.20. The summed E-state index contributed by atoms with van der Waals surface area (Å²) in [5.74, 6) is 0.677. The SMILES string of the molecule is CCCCCCCCCCS(=O)c1ncccc1N. The molecule has 0 saturated carbocycles. The molecule has 0 aliphatic heterocycles. The number of rotatable bonds is 10. The molecule has 1 atom stereocenters. The maximum Gasteiger partial charge on any atom is 0.150 e. The van der Waals surface area contributed by atoms with Crippen LogP contribution in [0.5, 0.6) is 0 Å². The van der Waals surface area contributed by atoms with Crippen LogP contribution in [-0.4, -0.2) is 14.9 Å². The molecule has 0 aliphatic carbocycles. The van der Waals surface area contributed by atoms with Crippen LogP contribution in [0.1, 0.15) is 58.3 Å². The molecule has 0 aliphatic rings. The van der Waals surface area contributed by atoms with Gasteiger partial charge in [-0.05, 0) is 18.6 Å². The van der Waals surface area contributed by atoms with Crippen LogP contribution >= 0.6 is 0 Å². The average Bonchev–Trinajstić information content (AvgIpc) is 2.42. The van der Waals surface area contributed by atoms with Crippen LogP contribution in [0.3, 0.4) is 0 Å². The first kappa shape index (κ1) is 16.2. The highest BCUT2D eigenvalue weighted by molar-refractivity contribution is 7.85. The molecule has 19 heavy (non-hydrogen) atoms. The molecule has 1 unspecified atom stereocenters. The quantitative estimate of drug-likeness (QED) is 0.662. The molecular weight excluding hydrogens is 256 g/mol. The van der Waals surface area contributed by atoms with Gasteiger partial charge >= 0.3 is 0 Å².